The molecule has 0 fully saturated rings. The summed E-state index contributed by atoms with van der Waals surface area (Å²) in [6, 6.07) is 33.4. The van der Waals surface area contributed by atoms with Crippen LogP contribution in [-0.4, -0.2) is 37.5 Å². The maximum absolute atomic E-state index is 12.8. The van der Waals surface area contributed by atoms with E-state index in [0.29, 0.717) is 19.6 Å². The maximum Gasteiger partial charge on any atom is 0.236 e. The summed E-state index contributed by atoms with van der Waals surface area (Å²) in [6.45, 7) is 5.81. The van der Waals surface area contributed by atoms with Crippen molar-refractivity contribution < 1.29 is 4.79 Å². The number of nitriles is 1. The third-order valence-corrected chi connectivity index (χ3v) is 6.99. The van der Waals surface area contributed by atoms with E-state index in [1.807, 2.05) is 49.5 Å². The van der Waals surface area contributed by atoms with Crippen LogP contribution in [0, 0.1) is 17.2 Å². The summed E-state index contributed by atoms with van der Waals surface area (Å²) < 4.78 is 0. The lowest BCUT2D eigenvalue weighted by Crippen LogP contribution is -2.38. The second-order valence-corrected chi connectivity index (χ2v) is 9.53. The fraction of sp³-hybridized carbons (Fsp3) is 0.355. The summed E-state index contributed by atoms with van der Waals surface area (Å²) in [4.78, 5) is 14.6. The second kappa shape index (κ2) is 12.9. The molecule has 3 aromatic carbocycles. The molecule has 3 aromatic rings. The van der Waals surface area contributed by atoms with Crippen LogP contribution < -0.4 is 5.32 Å². The smallest absolute Gasteiger partial charge is 0.236 e. The SMILES string of the molecule is CC(C)C(C#N)(CCCN(C)C(=O)CNCC(c1ccccc1)c1ccccc1)c1ccccc1. The first kappa shape index (κ1) is 26.2. The van der Waals surface area contributed by atoms with E-state index in [0.717, 1.165) is 18.4 Å². The molecule has 0 aliphatic heterocycles. The molecule has 0 bridgehead atoms. The van der Waals surface area contributed by atoms with Crippen molar-refractivity contribution in [3.63, 3.8) is 0 Å². The topological polar surface area (TPSA) is 56.1 Å². The van der Waals surface area contributed by atoms with E-state index < -0.39 is 5.41 Å². The summed E-state index contributed by atoms with van der Waals surface area (Å²) in [6.07, 6.45) is 1.50. The Morgan fingerprint density at radius 2 is 1.43 bits per heavy atom. The number of benzene rings is 3. The van der Waals surface area contributed by atoms with Gasteiger partial charge in [0.05, 0.1) is 18.0 Å². The number of hydrogen-bond acceptors (Lipinski definition) is 3. The maximum atomic E-state index is 12.8. The quantitative estimate of drug-likeness (QED) is 0.368. The average Bonchev–Trinajstić information content (AvgIpc) is 2.90. The molecule has 1 unspecified atom stereocenters. The first-order valence-corrected chi connectivity index (χ1v) is 12.5. The highest BCUT2D eigenvalue weighted by atomic mass is 16.2. The predicted molar refractivity (Wildman–Crippen MR) is 143 cm³/mol. The largest absolute Gasteiger partial charge is 0.345 e. The first-order chi connectivity index (χ1) is 17.0. The molecule has 0 radical (unpaired) electrons. The van der Waals surface area contributed by atoms with Gasteiger partial charge in [0.1, 0.15) is 0 Å². The molecule has 0 spiro atoms. The minimum absolute atomic E-state index is 0.0664. The van der Waals surface area contributed by atoms with Gasteiger partial charge in [0, 0.05) is 26.1 Å². The Hall–Kier alpha value is -3.42. The number of rotatable bonds is 12. The molecule has 0 aromatic heterocycles. The van der Waals surface area contributed by atoms with E-state index in [2.05, 4.69) is 73.8 Å². The number of carbonyl (C=O) groups is 1. The normalized spacial score (nSPS) is 12.8. The first-order valence-electron chi connectivity index (χ1n) is 12.5. The molecule has 35 heavy (non-hydrogen) atoms. The summed E-state index contributed by atoms with van der Waals surface area (Å²) in [5.74, 6) is 0.436. The van der Waals surface area contributed by atoms with Crippen molar-refractivity contribution in [2.75, 3.05) is 26.7 Å². The van der Waals surface area contributed by atoms with Crippen LogP contribution in [0.5, 0.6) is 0 Å². The second-order valence-electron chi connectivity index (χ2n) is 9.53. The lowest BCUT2D eigenvalue weighted by Gasteiger charge is -2.32. The van der Waals surface area contributed by atoms with Crippen LogP contribution in [0.1, 0.15) is 49.3 Å². The van der Waals surface area contributed by atoms with E-state index in [-0.39, 0.29) is 17.7 Å². The average molecular weight is 468 g/mol. The van der Waals surface area contributed by atoms with Crippen molar-refractivity contribution in [3.8, 4) is 6.07 Å². The van der Waals surface area contributed by atoms with Gasteiger partial charge in [-0.05, 0) is 35.4 Å². The van der Waals surface area contributed by atoms with Gasteiger partial charge in [-0.15, -0.1) is 0 Å². The zero-order valence-electron chi connectivity index (χ0n) is 21.2. The van der Waals surface area contributed by atoms with Crippen molar-refractivity contribution in [1.82, 2.24) is 10.2 Å². The van der Waals surface area contributed by atoms with Crippen LogP contribution in [0.4, 0.5) is 0 Å². The van der Waals surface area contributed by atoms with Gasteiger partial charge < -0.3 is 10.2 Å². The highest BCUT2D eigenvalue weighted by Gasteiger charge is 2.35. The van der Waals surface area contributed by atoms with E-state index in [1.165, 1.54) is 11.1 Å². The molecule has 4 heteroatoms. The summed E-state index contributed by atoms with van der Waals surface area (Å²) in [7, 11) is 1.85. The Kier molecular flexibility index (Phi) is 9.64. The molecular formula is C31H37N3O. The van der Waals surface area contributed by atoms with Gasteiger partial charge in [-0.3, -0.25) is 4.79 Å². The van der Waals surface area contributed by atoms with Crippen molar-refractivity contribution in [2.24, 2.45) is 5.92 Å². The number of likely N-dealkylation sites (N-methyl/N-ethyl adjacent to an activating group) is 1. The number of hydrogen-bond donors (Lipinski definition) is 1. The van der Waals surface area contributed by atoms with E-state index in [4.69, 9.17) is 0 Å². The van der Waals surface area contributed by atoms with Crippen molar-refractivity contribution in [2.45, 2.75) is 38.0 Å². The van der Waals surface area contributed by atoms with Gasteiger partial charge in [-0.25, -0.2) is 0 Å². The molecule has 182 valence electrons. The third-order valence-electron chi connectivity index (χ3n) is 6.99. The number of carbonyl (C=O) groups excluding carboxylic acids is 1. The highest BCUT2D eigenvalue weighted by molar-refractivity contribution is 5.77. The number of nitrogens with one attached hydrogen (secondary N) is 1. The van der Waals surface area contributed by atoms with E-state index >= 15 is 0 Å². The number of amides is 1. The molecule has 0 aliphatic rings. The van der Waals surface area contributed by atoms with E-state index in [9.17, 15) is 10.1 Å². The molecule has 0 aliphatic carbocycles. The molecule has 1 amide bonds. The van der Waals surface area contributed by atoms with Crippen LogP contribution in [0.3, 0.4) is 0 Å². The molecule has 3 rings (SSSR count). The Morgan fingerprint density at radius 3 is 1.91 bits per heavy atom. The zero-order valence-corrected chi connectivity index (χ0v) is 21.2. The monoisotopic (exact) mass is 467 g/mol. The Balaban J connectivity index is 1.54. The van der Waals surface area contributed by atoms with Gasteiger partial charge in [0.2, 0.25) is 5.91 Å². The Labute approximate surface area is 210 Å². The van der Waals surface area contributed by atoms with Crippen LogP contribution in [0.2, 0.25) is 0 Å². The predicted octanol–water partition coefficient (Wildman–Crippen LogP) is 5.76. The highest BCUT2D eigenvalue weighted by Crippen LogP contribution is 2.36. The van der Waals surface area contributed by atoms with Gasteiger partial charge in [0.15, 0.2) is 0 Å². The lowest BCUT2D eigenvalue weighted by atomic mass is 9.70. The van der Waals surface area contributed by atoms with Gasteiger partial charge in [-0.1, -0.05) is 105 Å². The van der Waals surface area contributed by atoms with Gasteiger partial charge in [0.25, 0.3) is 0 Å². The third kappa shape index (κ3) is 6.81. The summed E-state index contributed by atoms with van der Waals surface area (Å²) >= 11 is 0. The van der Waals surface area contributed by atoms with Crippen LogP contribution >= 0.6 is 0 Å². The molecule has 1 N–H and O–H groups in total. The molecule has 0 heterocycles. The molecule has 4 nitrogen and oxygen atoms in total. The summed E-state index contributed by atoms with van der Waals surface area (Å²) in [5.41, 5.74) is 2.98. The standard InChI is InChI=1S/C31H37N3O/c1-25(2)31(24-32,28-18-11-6-12-19-28)20-13-21-34(3)30(35)23-33-22-29(26-14-7-4-8-15-26)27-16-9-5-10-17-27/h4-12,14-19,25,29,33H,13,20-23H2,1-3H3. The minimum Gasteiger partial charge on any atom is -0.345 e. The molecule has 1 atom stereocenters. The van der Waals surface area contributed by atoms with Crippen molar-refractivity contribution >= 4 is 5.91 Å². The van der Waals surface area contributed by atoms with Crippen LogP contribution in [-0.2, 0) is 10.2 Å². The molecule has 0 saturated heterocycles. The van der Waals surface area contributed by atoms with Crippen molar-refractivity contribution in [1.29, 1.82) is 5.26 Å². The lowest BCUT2D eigenvalue weighted by molar-refractivity contribution is -0.129. The van der Waals surface area contributed by atoms with Gasteiger partial charge in [-0.2, -0.15) is 5.26 Å². The minimum atomic E-state index is -0.540. The van der Waals surface area contributed by atoms with E-state index in [1.54, 1.807) is 4.90 Å². The van der Waals surface area contributed by atoms with Crippen LogP contribution in [0.25, 0.3) is 0 Å². The molecular weight excluding hydrogens is 430 g/mol. The summed E-state index contributed by atoms with van der Waals surface area (Å²) in [5, 5.41) is 13.5. The Bertz CT molecular complexity index is 1040. The van der Waals surface area contributed by atoms with Gasteiger partial charge >= 0.3 is 0 Å². The fourth-order valence-electron chi connectivity index (χ4n) is 4.73. The zero-order chi connectivity index (χ0) is 25.1. The molecule has 0 saturated carbocycles. The number of nitrogens with zero attached hydrogens (tertiary/aromatic N) is 2. The Morgan fingerprint density at radius 1 is 0.914 bits per heavy atom. The fourth-order valence-corrected chi connectivity index (χ4v) is 4.73. The van der Waals surface area contributed by atoms with Crippen molar-refractivity contribution in [3.05, 3.63) is 108 Å². The van der Waals surface area contributed by atoms with Crippen LogP contribution in [0.15, 0.2) is 91.0 Å².